The van der Waals surface area contributed by atoms with Crippen LogP contribution < -0.4 is 9.47 Å². The lowest BCUT2D eigenvalue weighted by Gasteiger charge is -2.26. The van der Waals surface area contributed by atoms with Gasteiger partial charge in [-0.05, 0) is 73.4 Å². The summed E-state index contributed by atoms with van der Waals surface area (Å²) in [4.78, 5) is 0. The molecular weight excluding hydrogens is 781 g/mol. The van der Waals surface area contributed by atoms with Gasteiger partial charge in [0.15, 0.2) is 0 Å². The maximum absolute atomic E-state index is 7.00. The summed E-state index contributed by atoms with van der Waals surface area (Å²) in [6, 6.07) is 59.7. The minimum atomic E-state index is 0.533. The highest BCUT2D eigenvalue weighted by Crippen LogP contribution is 2.50. The minimum Gasteiger partial charge on any atom is -0.487 e. The summed E-state index contributed by atoms with van der Waals surface area (Å²) in [6.07, 6.45) is 0. The average Bonchev–Trinajstić information content (AvgIpc) is 3.29. The molecule has 9 aromatic rings. The second-order valence-electron chi connectivity index (χ2n) is 18.5. The molecule has 0 fully saturated rings. The van der Waals surface area contributed by atoms with Crippen LogP contribution in [0.5, 0.6) is 11.5 Å². The summed E-state index contributed by atoms with van der Waals surface area (Å²) in [5, 5.41) is 8.83. The number of hydrogen-bond acceptors (Lipinski definition) is 2. The fourth-order valence-corrected chi connectivity index (χ4v) is 8.47. The molecule has 0 saturated carbocycles. The van der Waals surface area contributed by atoms with Crippen molar-refractivity contribution in [1.82, 2.24) is 0 Å². The molecule has 0 saturated heterocycles. The van der Waals surface area contributed by atoms with Crippen molar-refractivity contribution >= 4 is 43.1 Å². The van der Waals surface area contributed by atoms with Crippen LogP contribution >= 0.6 is 0 Å². The van der Waals surface area contributed by atoms with E-state index in [9.17, 15) is 0 Å². The molecule has 0 heterocycles. The predicted molar refractivity (Wildman–Crippen MR) is 269 cm³/mol. The van der Waals surface area contributed by atoms with E-state index in [0.29, 0.717) is 13.2 Å². The Hall–Kier alpha value is -7.34. The third-order valence-electron chi connectivity index (χ3n) is 11.7. The molecule has 0 radical (unpaired) electrons. The second kappa shape index (κ2) is 17.8. The first-order valence-electron chi connectivity index (χ1n) is 22.1. The van der Waals surface area contributed by atoms with Gasteiger partial charge in [-0.3, -0.25) is 0 Å². The van der Waals surface area contributed by atoms with E-state index in [2.05, 4.69) is 199 Å². The molecule has 0 aliphatic carbocycles. The Kier molecular flexibility index (Phi) is 11.7. The quantitative estimate of drug-likeness (QED) is 0.0776. The Bertz CT molecular complexity index is 2960. The maximum atomic E-state index is 7.00. The van der Waals surface area contributed by atoms with Gasteiger partial charge in [0.05, 0.1) is 42.3 Å². The van der Waals surface area contributed by atoms with Crippen LogP contribution in [0.15, 0.2) is 170 Å². The fourth-order valence-electron chi connectivity index (χ4n) is 8.47. The van der Waals surface area contributed by atoms with Crippen molar-refractivity contribution in [2.75, 3.05) is 68.6 Å². The molecule has 0 atom stereocenters. The number of likely N-dealkylation sites (N-methyl/N-ethyl adjacent to an activating group) is 2. The van der Waals surface area contributed by atoms with Crippen LogP contribution in [-0.4, -0.2) is 77.6 Å². The van der Waals surface area contributed by atoms with E-state index in [1.54, 1.807) is 0 Å². The SMILES string of the molecule is C[N+](C)(C)CCOc1cc(OCC[N+](C)(C)C)c(-c2c3ccccc3c(C#Cc3ccccc3)c3ccccc23)cc1-c1c2ccccc2c(C#Cc2ccccc2)c2ccccc12. The number of quaternary nitrogens is 2. The molecule has 4 heteroatoms. The molecule has 314 valence electrons. The molecule has 4 nitrogen and oxygen atoms in total. The maximum Gasteiger partial charge on any atom is 0.137 e. The Balaban J connectivity index is 1.37. The van der Waals surface area contributed by atoms with Crippen LogP contribution in [0.2, 0.25) is 0 Å². The zero-order chi connectivity index (χ0) is 44.3. The molecular formula is C60H54N2O2+2. The van der Waals surface area contributed by atoms with Crippen molar-refractivity contribution in [2.24, 2.45) is 0 Å². The minimum absolute atomic E-state index is 0.533. The molecule has 0 aromatic heterocycles. The lowest BCUT2D eigenvalue weighted by molar-refractivity contribution is -0.870. The Morgan fingerprint density at radius 3 is 0.953 bits per heavy atom. The summed E-state index contributed by atoms with van der Waals surface area (Å²) in [7, 11) is 13.2. The van der Waals surface area contributed by atoms with Gasteiger partial charge in [0.1, 0.15) is 37.8 Å². The normalized spacial score (nSPS) is 11.6. The Morgan fingerprint density at radius 2 is 0.641 bits per heavy atom. The molecule has 9 aromatic carbocycles. The molecule has 0 N–H and O–H groups in total. The Morgan fingerprint density at radius 1 is 0.344 bits per heavy atom. The van der Waals surface area contributed by atoms with Gasteiger partial charge in [-0.2, -0.15) is 0 Å². The van der Waals surface area contributed by atoms with E-state index in [-0.39, 0.29) is 0 Å². The molecule has 9 rings (SSSR count). The molecule has 0 spiro atoms. The summed E-state index contributed by atoms with van der Waals surface area (Å²) in [6.45, 7) is 2.72. The molecule has 0 unspecified atom stereocenters. The molecule has 64 heavy (non-hydrogen) atoms. The highest BCUT2D eigenvalue weighted by Gasteiger charge is 2.25. The van der Waals surface area contributed by atoms with Crippen molar-refractivity contribution in [1.29, 1.82) is 0 Å². The van der Waals surface area contributed by atoms with Gasteiger partial charge >= 0.3 is 0 Å². The van der Waals surface area contributed by atoms with Crippen molar-refractivity contribution < 1.29 is 18.4 Å². The van der Waals surface area contributed by atoms with Gasteiger partial charge in [0, 0.05) is 50.6 Å². The molecule has 0 bridgehead atoms. The van der Waals surface area contributed by atoms with Crippen LogP contribution in [0.4, 0.5) is 0 Å². The third kappa shape index (κ3) is 8.94. The lowest BCUT2D eigenvalue weighted by atomic mass is 9.84. The first-order valence-corrected chi connectivity index (χ1v) is 22.1. The highest BCUT2D eigenvalue weighted by atomic mass is 16.5. The van der Waals surface area contributed by atoms with Gasteiger partial charge in [0.25, 0.3) is 0 Å². The van der Waals surface area contributed by atoms with Crippen molar-refractivity contribution in [3.05, 3.63) is 192 Å². The number of ether oxygens (including phenoxy) is 2. The van der Waals surface area contributed by atoms with Crippen LogP contribution in [0, 0.1) is 23.7 Å². The standard InChI is InChI=1S/C60H54N2O2/c1-61(2,3)37-39-63-57-42-58(64-40-38-62(4,5)6)56(60-53-31-19-15-27-47(53)50(48-28-16-20-32-54(48)60)36-34-44-23-11-8-12-24-44)41-55(57)59-51-29-17-13-25-45(51)49(46-26-14-18-30-52(46)59)35-33-43-21-9-7-10-22-43/h7-32,41-42H,37-40H2,1-6H3/q+2. The average molecular weight is 835 g/mol. The van der Waals surface area contributed by atoms with Gasteiger partial charge in [0.2, 0.25) is 0 Å². The zero-order valence-corrected chi connectivity index (χ0v) is 37.7. The lowest BCUT2D eigenvalue weighted by Crippen LogP contribution is -2.38. The second-order valence-corrected chi connectivity index (χ2v) is 18.5. The van der Waals surface area contributed by atoms with Crippen LogP contribution in [0.1, 0.15) is 22.3 Å². The molecule has 0 aliphatic rings. The monoisotopic (exact) mass is 834 g/mol. The number of rotatable bonds is 10. The zero-order valence-electron chi connectivity index (χ0n) is 37.7. The van der Waals surface area contributed by atoms with Gasteiger partial charge in [-0.15, -0.1) is 0 Å². The summed E-state index contributed by atoms with van der Waals surface area (Å²) >= 11 is 0. The van der Waals surface area contributed by atoms with Crippen molar-refractivity contribution in [3.63, 3.8) is 0 Å². The van der Waals surface area contributed by atoms with E-state index < -0.39 is 0 Å². The summed E-state index contributed by atoms with van der Waals surface area (Å²) < 4.78 is 15.6. The number of benzene rings is 9. The van der Waals surface area contributed by atoms with E-state index in [1.807, 2.05) is 36.4 Å². The van der Waals surface area contributed by atoms with Gasteiger partial charge in [-0.25, -0.2) is 0 Å². The van der Waals surface area contributed by atoms with E-state index in [1.165, 1.54) is 0 Å². The van der Waals surface area contributed by atoms with E-state index >= 15 is 0 Å². The predicted octanol–water partition coefficient (Wildman–Crippen LogP) is 12.6. The number of nitrogens with zero attached hydrogens (tertiary/aromatic N) is 2. The first-order chi connectivity index (χ1) is 31.0. The molecule has 0 amide bonds. The highest BCUT2D eigenvalue weighted by molar-refractivity contribution is 6.20. The number of fused-ring (bicyclic) bond motifs is 4. The van der Waals surface area contributed by atoms with Crippen molar-refractivity contribution in [3.8, 4) is 57.4 Å². The third-order valence-corrected chi connectivity index (χ3v) is 11.7. The van der Waals surface area contributed by atoms with Crippen LogP contribution in [0.25, 0.3) is 65.3 Å². The topological polar surface area (TPSA) is 18.5 Å². The van der Waals surface area contributed by atoms with E-state index in [0.717, 1.165) is 121 Å². The van der Waals surface area contributed by atoms with E-state index in [4.69, 9.17) is 9.47 Å². The fraction of sp³-hybridized carbons (Fsp3) is 0.167. The molecule has 0 aliphatic heterocycles. The smallest absolute Gasteiger partial charge is 0.137 e. The van der Waals surface area contributed by atoms with Crippen LogP contribution in [0.3, 0.4) is 0 Å². The van der Waals surface area contributed by atoms with Gasteiger partial charge in [-0.1, -0.05) is 157 Å². The Labute approximate surface area is 378 Å². The first kappa shape index (κ1) is 42.0. The van der Waals surface area contributed by atoms with Crippen molar-refractivity contribution in [2.45, 2.75) is 0 Å². The summed E-state index contributed by atoms with van der Waals surface area (Å²) in [5.41, 5.74) is 8.21. The van der Waals surface area contributed by atoms with Gasteiger partial charge < -0.3 is 18.4 Å². The number of hydrogen-bond donors (Lipinski definition) is 0. The largest absolute Gasteiger partial charge is 0.487 e. The summed E-state index contributed by atoms with van der Waals surface area (Å²) in [5.74, 6) is 15.8. The van der Waals surface area contributed by atoms with Crippen LogP contribution in [-0.2, 0) is 0 Å².